The first-order valence-electron chi connectivity index (χ1n) is 10.00. The molecule has 0 heterocycles. The molecule has 7 heteroatoms. The number of alkyl carbamates (subject to hydrolysis) is 1. The normalized spacial score (nSPS) is 13.1. The molecule has 32 heavy (non-hydrogen) atoms. The number of amides is 1. The van der Waals surface area contributed by atoms with Crippen molar-refractivity contribution in [3.8, 4) is 16.9 Å². The molecule has 3 aromatic rings. The van der Waals surface area contributed by atoms with E-state index >= 15 is 0 Å². The first-order valence-corrected chi connectivity index (χ1v) is 10.00. The van der Waals surface area contributed by atoms with Gasteiger partial charge < -0.3 is 15.2 Å². The quantitative estimate of drug-likeness (QED) is 0.516. The Morgan fingerprint density at radius 1 is 1.00 bits per heavy atom. The van der Waals surface area contributed by atoms with Gasteiger partial charge in [0, 0.05) is 18.0 Å². The summed E-state index contributed by atoms with van der Waals surface area (Å²) in [5, 5.41) is 12.3. The minimum atomic E-state index is -4.50. The van der Waals surface area contributed by atoms with E-state index in [0.717, 1.165) is 40.5 Å². The fraction of sp³-hybridized carbons (Fsp3) is 0.160. The summed E-state index contributed by atoms with van der Waals surface area (Å²) in [5.74, 6) is -0.346. The predicted molar refractivity (Wildman–Crippen MR) is 115 cm³/mol. The Labute approximate surface area is 183 Å². The fourth-order valence-electron chi connectivity index (χ4n) is 3.84. The number of aromatic hydroxyl groups is 1. The Morgan fingerprint density at radius 2 is 1.62 bits per heavy atom. The zero-order valence-corrected chi connectivity index (χ0v) is 16.9. The van der Waals surface area contributed by atoms with Gasteiger partial charge in [0.25, 0.3) is 0 Å². The maximum absolute atomic E-state index is 12.8. The molecule has 0 saturated heterocycles. The highest BCUT2D eigenvalue weighted by atomic mass is 19.4. The number of phenolic OH excluding ortho intramolecular Hbond substituents is 1. The van der Waals surface area contributed by atoms with Gasteiger partial charge in [0.15, 0.2) is 0 Å². The van der Waals surface area contributed by atoms with Crippen molar-refractivity contribution >= 4 is 12.2 Å². The molecule has 1 aliphatic carbocycles. The maximum atomic E-state index is 12.8. The molecule has 0 unspecified atom stereocenters. The Morgan fingerprint density at radius 3 is 2.25 bits per heavy atom. The summed E-state index contributed by atoms with van der Waals surface area (Å²) in [7, 11) is 0. The topological polar surface area (TPSA) is 58.6 Å². The van der Waals surface area contributed by atoms with Crippen molar-refractivity contribution in [1.82, 2.24) is 5.32 Å². The average Bonchev–Trinajstić information content (AvgIpc) is 3.09. The lowest BCUT2D eigenvalue weighted by atomic mass is 9.98. The maximum Gasteiger partial charge on any atom is 0.416 e. The Bertz CT molecular complexity index is 1130. The van der Waals surface area contributed by atoms with Crippen molar-refractivity contribution in [2.24, 2.45) is 0 Å². The van der Waals surface area contributed by atoms with Gasteiger partial charge in [-0.05, 0) is 40.5 Å². The fourth-order valence-corrected chi connectivity index (χ4v) is 3.84. The Kier molecular flexibility index (Phi) is 5.90. The van der Waals surface area contributed by atoms with E-state index in [-0.39, 0.29) is 30.4 Å². The van der Waals surface area contributed by atoms with Crippen LogP contribution in [-0.4, -0.2) is 24.4 Å². The number of phenols is 1. The van der Waals surface area contributed by atoms with Gasteiger partial charge in [-0.25, -0.2) is 4.79 Å². The first-order chi connectivity index (χ1) is 15.3. The number of ether oxygens (including phenoxy) is 1. The molecular weight excluding hydrogens is 419 g/mol. The number of fused-ring (bicyclic) bond motifs is 3. The third-order valence-corrected chi connectivity index (χ3v) is 5.36. The number of carbonyl (C=O) groups is 1. The molecule has 164 valence electrons. The molecule has 1 aliphatic rings. The minimum Gasteiger partial charge on any atom is -0.507 e. The second-order valence-corrected chi connectivity index (χ2v) is 7.38. The van der Waals surface area contributed by atoms with Crippen LogP contribution in [0.15, 0.2) is 72.8 Å². The minimum absolute atomic E-state index is 0.00848. The van der Waals surface area contributed by atoms with Gasteiger partial charge in [-0.15, -0.1) is 0 Å². The van der Waals surface area contributed by atoms with Gasteiger partial charge in [0.2, 0.25) is 0 Å². The second kappa shape index (κ2) is 8.78. The van der Waals surface area contributed by atoms with Crippen LogP contribution >= 0.6 is 0 Å². The smallest absolute Gasteiger partial charge is 0.416 e. The van der Waals surface area contributed by atoms with Gasteiger partial charge in [0.1, 0.15) is 12.4 Å². The van der Waals surface area contributed by atoms with Gasteiger partial charge in [-0.2, -0.15) is 13.2 Å². The van der Waals surface area contributed by atoms with Crippen molar-refractivity contribution in [3.63, 3.8) is 0 Å². The summed E-state index contributed by atoms with van der Waals surface area (Å²) in [6.45, 7) is 0.199. The zero-order valence-electron chi connectivity index (χ0n) is 16.9. The zero-order chi connectivity index (χ0) is 22.7. The van der Waals surface area contributed by atoms with Crippen LogP contribution in [0, 0.1) is 0 Å². The van der Waals surface area contributed by atoms with Gasteiger partial charge >= 0.3 is 12.3 Å². The van der Waals surface area contributed by atoms with E-state index in [9.17, 15) is 23.1 Å². The third-order valence-electron chi connectivity index (χ3n) is 5.36. The molecular formula is C25H20F3NO3. The third kappa shape index (κ3) is 4.46. The molecule has 1 amide bonds. The first kappa shape index (κ1) is 21.5. The molecule has 0 radical (unpaired) electrons. The number of nitrogens with one attached hydrogen (secondary N) is 1. The summed E-state index contributed by atoms with van der Waals surface area (Å²) in [5.41, 5.74) is 3.60. The summed E-state index contributed by atoms with van der Waals surface area (Å²) in [6, 6.07) is 18.6. The van der Waals surface area contributed by atoms with Crippen LogP contribution in [0.25, 0.3) is 17.2 Å². The predicted octanol–water partition coefficient (Wildman–Crippen LogP) is 5.96. The van der Waals surface area contributed by atoms with E-state index < -0.39 is 17.8 Å². The van der Waals surface area contributed by atoms with Crippen LogP contribution in [0.3, 0.4) is 0 Å². The molecule has 3 aromatic carbocycles. The monoisotopic (exact) mass is 439 g/mol. The summed E-state index contributed by atoms with van der Waals surface area (Å²) >= 11 is 0. The van der Waals surface area contributed by atoms with E-state index in [1.54, 1.807) is 0 Å². The van der Waals surface area contributed by atoms with Crippen LogP contribution < -0.4 is 5.32 Å². The number of alkyl halides is 3. The van der Waals surface area contributed by atoms with E-state index in [1.807, 2.05) is 48.5 Å². The van der Waals surface area contributed by atoms with Crippen molar-refractivity contribution in [2.45, 2.75) is 12.1 Å². The van der Waals surface area contributed by atoms with Gasteiger partial charge in [-0.3, -0.25) is 0 Å². The highest BCUT2D eigenvalue weighted by Gasteiger charge is 2.31. The van der Waals surface area contributed by atoms with Crippen molar-refractivity contribution in [2.75, 3.05) is 13.2 Å². The van der Waals surface area contributed by atoms with Crippen LogP contribution in [0.1, 0.15) is 28.2 Å². The molecule has 0 atom stereocenters. The number of rotatable bonds is 5. The summed E-state index contributed by atoms with van der Waals surface area (Å²) in [6.07, 6.45) is -2.38. The number of hydrogen-bond donors (Lipinski definition) is 2. The molecule has 2 N–H and O–H groups in total. The molecule has 0 fully saturated rings. The number of hydrogen-bond acceptors (Lipinski definition) is 3. The summed E-state index contributed by atoms with van der Waals surface area (Å²) in [4.78, 5) is 12.1. The van der Waals surface area contributed by atoms with E-state index in [4.69, 9.17) is 4.74 Å². The molecule has 0 spiro atoms. The van der Waals surface area contributed by atoms with Crippen molar-refractivity contribution < 1.29 is 27.8 Å². The molecule has 4 rings (SSSR count). The molecule has 0 aliphatic heterocycles. The number of benzene rings is 3. The number of halogens is 3. The van der Waals surface area contributed by atoms with E-state index in [2.05, 4.69) is 5.32 Å². The van der Waals surface area contributed by atoms with E-state index in [1.165, 1.54) is 12.2 Å². The lowest BCUT2D eigenvalue weighted by molar-refractivity contribution is -0.137. The standard InChI is InChI=1S/C25H20F3NO3/c26-25(27,28)17-11-12-23(30)16(14-17)6-5-13-29-24(31)32-15-22-20-9-3-1-7-18(20)19-8-2-4-10-21(19)22/h1-12,14,22,30H,13,15H2,(H,29,31). The van der Waals surface area contributed by atoms with Crippen LogP contribution in [0.4, 0.5) is 18.0 Å². The molecule has 0 bridgehead atoms. The molecule has 0 aromatic heterocycles. The average molecular weight is 439 g/mol. The van der Waals surface area contributed by atoms with Gasteiger partial charge in [0.05, 0.1) is 5.56 Å². The second-order valence-electron chi connectivity index (χ2n) is 7.38. The SMILES string of the molecule is O=C(NCC=Cc1cc(C(F)(F)F)ccc1O)OCC1c2ccccc2-c2ccccc21. The lowest BCUT2D eigenvalue weighted by Crippen LogP contribution is -2.26. The van der Waals surface area contributed by atoms with Crippen molar-refractivity contribution in [1.29, 1.82) is 0 Å². The molecule has 4 nitrogen and oxygen atoms in total. The van der Waals surface area contributed by atoms with Crippen LogP contribution in [0.2, 0.25) is 0 Å². The van der Waals surface area contributed by atoms with E-state index in [0.29, 0.717) is 0 Å². The van der Waals surface area contributed by atoms with Crippen LogP contribution in [0.5, 0.6) is 5.75 Å². The highest BCUT2D eigenvalue weighted by Crippen LogP contribution is 2.44. The van der Waals surface area contributed by atoms with Gasteiger partial charge in [-0.1, -0.05) is 60.7 Å². The lowest BCUT2D eigenvalue weighted by Gasteiger charge is -2.14. The largest absolute Gasteiger partial charge is 0.507 e. The summed E-state index contributed by atoms with van der Waals surface area (Å²) < 4.78 is 43.8. The Balaban J connectivity index is 1.34. The van der Waals surface area contributed by atoms with Crippen molar-refractivity contribution in [3.05, 3.63) is 95.1 Å². The molecule has 0 saturated carbocycles. The Hall–Kier alpha value is -3.74. The van der Waals surface area contributed by atoms with Crippen LogP contribution in [-0.2, 0) is 10.9 Å². The highest BCUT2D eigenvalue weighted by molar-refractivity contribution is 5.79. The number of carbonyl (C=O) groups excluding carboxylic acids is 1.